The van der Waals surface area contributed by atoms with E-state index in [1.807, 2.05) is 4.90 Å². The first-order valence-corrected chi connectivity index (χ1v) is 6.89. The number of carboxylic acid groups (broad SMARTS) is 1. The molecule has 6 heteroatoms. The van der Waals surface area contributed by atoms with Crippen LogP contribution in [0.2, 0.25) is 0 Å². The lowest BCUT2D eigenvalue weighted by Crippen LogP contribution is -2.55. The topological polar surface area (TPSA) is 77.9 Å². The Bertz CT molecular complexity index is 587. The second-order valence-corrected chi connectivity index (χ2v) is 5.65. The highest BCUT2D eigenvalue weighted by molar-refractivity contribution is 6.21. The molecule has 1 N–H and O–H groups in total. The van der Waals surface area contributed by atoms with E-state index in [4.69, 9.17) is 5.11 Å². The fraction of sp³-hybridized carbons (Fsp3) is 0.400. The molecule has 0 spiro atoms. The van der Waals surface area contributed by atoms with E-state index in [-0.39, 0.29) is 24.4 Å². The maximum Gasteiger partial charge on any atom is 0.306 e. The number of hydrogen-bond acceptors (Lipinski definition) is 4. The van der Waals surface area contributed by atoms with Gasteiger partial charge in [0.05, 0.1) is 23.7 Å². The van der Waals surface area contributed by atoms with Crippen molar-refractivity contribution in [3.8, 4) is 0 Å². The third kappa shape index (κ3) is 2.21. The average Bonchev–Trinajstić information content (AvgIpc) is 2.66. The minimum absolute atomic E-state index is 0.0812. The Morgan fingerprint density at radius 2 is 1.76 bits per heavy atom. The van der Waals surface area contributed by atoms with E-state index in [2.05, 4.69) is 0 Å². The summed E-state index contributed by atoms with van der Waals surface area (Å²) in [5.41, 5.74) is 0.886. The maximum atomic E-state index is 12.2. The molecule has 1 aromatic carbocycles. The number of amides is 2. The summed E-state index contributed by atoms with van der Waals surface area (Å²) in [5, 5.41) is 8.95. The molecule has 3 rings (SSSR count). The number of carboxylic acids is 1. The van der Waals surface area contributed by atoms with Crippen molar-refractivity contribution in [1.82, 2.24) is 9.80 Å². The monoisotopic (exact) mass is 288 g/mol. The van der Waals surface area contributed by atoms with E-state index >= 15 is 0 Å². The molecule has 1 saturated heterocycles. The highest BCUT2D eigenvalue weighted by Crippen LogP contribution is 2.27. The fourth-order valence-corrected chi connectivity index (χ4v) is 2.81. The van der Waals surface area contributed by atoms with Crippen molar-refractivity contribution in [3.05, 3.63) is 35.4 Å². The van der Waals surface area contributed by atoms with Gasteiger partial charge >= 0.3 is 5.97 Å². The van der Waals surface area contributed by atoms with Crippen LogP contribution in [0.1, 0.15) is 27.6 Å². The largest absolute Gasteiger partial charge is 0.481 e. The summed E-state index contributed by atoms with van der Waals surface area (Å²) in [5.74, 6) is -1.67. The van der Waals surface area contributed by atoms with E-state index < -0.39 is 11.9 Å². The fourth-order valence-electron chi connectivity index (χ4n) is 2.81. The van der Waals surface area contributed by atoms with Gasteiger partial charge in [-0.05, 0) is 18.1 Å². The molecule has 2 aliphatic rings. The van der Waals surface area contributed by atoms with Gasteiger partial charge in [0.25, 0.3) is 11.8 Å². The number of nitrogens with zero attached hydrogens (tertiary/aromatic N) is 2. The number of carbonyl (C=O) groups excluding carboxylic acids is 2. The van der Waals surface area contributed by atoms with Gasteiger partial charge < -0.3 is 5.11 Å². The quantitative estimate of drug-likeness (QED) is 0.833. The highest BCUT2D eigenvalue weighted by atomic mass is 16.4. The summed E-state index contributed by atoms with van der Waals surface area (Å²) >= 11 is 0. The number of carbonyl (C=O) groups is 3. The van der Waals surface area contributed by atoms with Crippen LogP contribution in [0.25, 0.3) is 0 Å². The molecule has 0 aliphatic carbocycles. The van der Waals surface area contributed by atoms with Crippen LogP contribution < -0.4 is 0 Å². The lowest BCUT2D eigenvalue weighted by atomic mass is 9.87. The van der Waals surface area contributed by atoms with Crippen LogP contribution >= 0.6 is 0 Å². The Morgan fingerprint density at radius 3 is 2.24 bits per heavy atom. The molecule has 1 atom stereocenters. The highest BCUT2D eigenvalue weighted by Gasteiger charge is 2.40. The van der Waals surface area contributed by atoms with Gasteiger partial charge in [-0.25, -0.2) is 0 Å². The predicted octanol–water partition coefficient (Wildman–Crippen LogP) is 0.893. The van der Waals surface area contributed by atoms with Crippen molar-refractivity contribution in [1.29, 1.82) is 0 Å². The molecule has 1 fully saturated rings. The Labute approximate surface area is 122 Å². The third-order valence-electron chi connectivity index (χ3n) is 4.30. The van der Waals surface area contributed by atoms with Crippen LogP contribution in [0.4, 0.5) is 0 Å². The zero-order chi connectivity index (χ0) is 15.1. The second kappa shape index (κ2) is 4.96. The van der Waals surface area contributed by atoms with E-state index in [1.165, 1.54) is 4.90 Å². The molecule has 1 aromatic rings. The van der Waals surface area contributed by atoms with Crippen molar-refractivity contribution in [2.45, 2.75) is 6.92 Å². The molecule has 2 aliphatic heterocycles. The lowest BCUT2D eigenvalue weighted by molar-refractivity contribution is -0.145. The van der Waals surface area contributed by atoms with Gasteiger partial charge in [-0.15, -0.1) is 0 Å². The molecule has 6 nitrogen and oxygen atoms in total. The first-order chi connectivity index (χ1) is 9.99. The predicted molar refractivity (Wildman–Crippen MR) is 73.7 cm³/mol. The van der Waals surface area contributed by atoms with Crippen molar-refractivity contribution < 1.29 is 19.5 Å². The normalized spacial score (nSPS) is 20.3. The van der Waals surface area contributed by atoms with Gasteiger partial charge in [-0.3, -0.25) is 24.2 Å². The molecule has 0 aromatic heterocycles. The van der Waals surface area contributed by atoms with Crippen LogP contribution in [0.3, 0.4) is 0 Å². The van der Waals surface area contributed by atoms with Crippen molar-refractivity contribution in [2.24, 2.45) is 11.8 Å². The van der Waals surface area contributed by atoms with Crippen molar-refractivity contribution in [3.63, 3.8) is 0 Å². The lowest BCUT2D eigenvalue weighted by Gasteiger charge is -2.42. The van der Waals surface area contributed by atoms with E-state index in [0.29, 0.717) is 24.2 Å². The third-order valence-corrected chi connectivity index (χ3v) is 4.30. The van der Waals surface area contributed by atoms with Gasteiger partial charge in [-0.2, -0.15) is 0 Å². The maximum absolute atomic E-state index is 12.2. The Balaban J connectivity index is 1.63. The van der Waals surface area contributed by atoms with Crippen LogP contribution in [0.5, 0.6) is 0 Å². The van der Waals surface area contributed by atoms with Crippen LogP contribution in [-0.4, -0.2) is 52.4 Å². The molecule has 0 bridgehead atoms. The van der Waals surface area contributed by atoms with E-state index in [9.17, 15) is 14.4 Å². The number of aliphatic carboxylic acids is 1. The van der Waals surface area contributed by atoms with Gasteiger partial charge in [0.15, 0.2) is 0 Å². The van der Waals surface area contributed by atoms with Gasteiger partial charge in [0, 0.05) is 13.1 Å². The standard InChI is InChI=1S/C15H16N2O4/c1-9(15(20)21)10-6-16(7-10)8-17-13(18)11-4-2-3-5-12(11)14(17)19/h2-5,9-10H,6-8H2,1H3,(H,20,21). The molecule has 0 radical (unpaired) electrons. The summed E-state index contributed by atoms with van der Waals surface area (Å²) in [4.78, 5) is 38.4. The van der Waals surface area contributed by atoms with E-state index in [1.54, 1.807) is 31.2 Å². The zero-order valence-electron chi connectivity index (χ0n) is 11.7. The van der Waals surface area contributed by atoms with Gasteiger partial charge in [0.1, 0.15) is 0 Å². The number of fused-ring (bicyclic) bond motifs is 1. The van der Waals surface area contributed by atoms with E-state index in [0.717, 1.165) is 0 Å². The number of hydrogen-bond donors (Lipinski definition) is 1. The van der Waals surface area contributed by atoms with Crippen molar-refractivity contribution in [2.75, 3.05) is 19.8 Å². The van der Waals surface area contributed by atoms with Crippen molar-refractivity contribution >= 4 is 17.8 Å². The number of imide groups is 1. The molecule has 21 heavy (non-hydrogen) atoms. The summed E-state index contributed by atoms with van der Waals surface area (Å²) < 4.78 is 0. The molecular weight excluding hydrogens is 272 g/mol. The first-order valence-electron chi connectivity index (χ1n) is 6.89. The molecule has 1 unspecified atom stereocenters. The molecular formula is C15H16N2O4. The Kier molecular flexibility index (Phi) is 3.25. The molecule has 2 heterocycles. The number of rotatable bonds is 4. The van der Waals surface area contributed by atoms with Crippen LogP contribution in [-0.2, 0) is 4.79 Å². The smallest absolute Gasteiger partial charge is 0.306 e. The van der Waals surface area contributed by atoms with Crippen LogP contribution in [0, 0.1) is 11.8 Å². The molecule has 2 amide bonds. The average molecular weight is 288 g/mol. The van der Waals surface area contributed by atoms with Gasteiger partial charge in [-0.1, -0.05) is 19.1 Å². The van der Waals surface area contributed by atoms with Crippen LogP contribution in [0.15, 0.2) is 24.3 Å². The minimum Gasteiger partial charge on any atom is -0.481 e. The number of benzene rings is 1. The molecule has 110 valence electrons. The summed E-state index contributed by atoms with van der Waals surface area (Å²) in [6.07, 6.45) is 0. The number of likely N-dealkylation sites (tertiary alicyclic amines) is 1. The Morgan fingerprint density at radius 1 is 1.24 bits per heavy atom. The second-order valence-electron chi connectivity index (χ2n) is 5.65. The summed E-state index contributed by atoms with van der Waals surface area (Å²) in [7, 11) is 0. The first kappa shape index (κ1) is 13.8. The SMILES string of the molecule is CC(C(=O)O)C1CN(CN2C(=O)c3ccccc3C2=O)C1. The summed E-state index contributed by atoms with van der Waals surface area (Å²) in [6, 6.07) is 6.78. The Hall–Kier alpha value is -2.21. The minimum atomic E-state index is -0.805. The zero-order valence-corrected chi connectivity index (χ0v) is 11.7. The molecule has 0 saturated carbocycles. The summed E-state index contributed by atoms with van der Waals surface area (Å²) in [6.45, 7) is 3.11. The van der Waals surface area contributed by atoms with Gasteiger partial charge in [0.2, 0.25) is 0 Å².